The lowest BCUT2D eigenvalue weighted by molar-refractivity contribution is -0.891. The van der Waals surface area contributed by atoms with Gasteiger partial charge in [-0.2, -0.15) is 0 Å². The van der Waals surface area contributed by atoms with Crippen LogP contribution in [-0.2, 0) is 28.6 Å². The predicted molar refractivity (Wildman–Crippen MR) is 211 cm³/mol. The van der Waals surface area contributed by atoms with E-state index in [-0.39, 0.29) is 57.6 Å². The molecule has 0 spiro atoms. The summed E-state index contributed by atoms with van der Waals surface area (Å²) in [5, 5.41) is 0. The van der Waals surface area contributed by atoms with Crippen LogP contribution in [-0.4, -0.2) is 138 Å². The molecule has 0 aliphatic carbocycles. The van der Waals surface area contributed by atoms with Gasteiger partial charge in [0.05, 0.1) is 41.3 Å². The van der Waals surface area contributed by atoms with Gasteiger partial charge in [0.15, 0.2) is 0 Å². The van der Waals surface area contributed by atoms with E-state index < -0.39 is 0 Å². The van der Waals surface area contributed by atoms with Gasteiger partial charge < -0.3 is 52.9 Å². The van der Waals surface area contributed by atoms with E-state index in [4.69, 9.17) is 37.4 Å². The monoisotopic (exact) mass is 811 g/mol. The number of unbranched alkanes of at least 4 members (excludes halogenated alkanes) is 6. The van der Waals surface area contributed by atoms with Crippen LogP contribution in [0.1, 0.15) is 87.0 Å². The van der Waals surface area contributed by atoms with E-state index in [1.165, 1.54) is 25.7 Å². The molecule has 51 heavy (non-hydrogen) atoms. The van der Waals surface area contributed by atoms with Crippen molar-refractivity contribution >= 4 is 41.1 Å². The number of hydrogen-bond acceptors (Lipinski definition) is 7. The molecule has 0 atom stereocenters. The number of carbonyl (C=O) groups excluding carboxylic acids is 3. The Hall–Kier alpha value is -1.33. The van der Waals surface area contributed by atoms with Crippen LogP contribution in [0.5, 0.6) is 0 Å². The van der Waals surface area contributed by atoms with Crippen LogP contribution >= 0.6 is 23.2 Å². The van der Waals surface area contributed by atoms with E-state index in [2.05, 4.69) is 47.9 Å². The van der Waals surface area contributed by atoms with Gasteiger partial charge in [-0.05, 0) is 73.4 Å². The first kappa shape index (κ1) is 64.6. The van der Waals surface area contributed by atoms with E-state index in [0.29, 0.717) is 36.5 Å². The van der Waals surface area contributed by atoms with Gasteiger partial charge in [0.2, 0.25) is 0 Å². The van der Waals surface area contributed by atoms with Crippen LogP contribution < -0.4 is 24.8 Å². The Morgan fingerprint density at radius 2 is 0.804 bits per heavy atom. The molecule has 0 saturated carbocycles. The quantitative estimate of drug-likeness (QED) is 0.0369. The Bertz CT molecular complexity index is 862. The molecule has 0 aromatic carbocycles. The van der Waals surface area contributed by atoms with Gasteiger partial charge in [-0.3, -0.25) is 0 Å². The first-order chi connectivity index (χ1) is 21.8. The van der Waals surface area contributed by atoms with Crippen molar-refractivity contribution in [2.45, 2.75) is 87.0 Å². The number of carbonyl (C=O) groups is 3. The predicted octanol–water partition coefficient (Wildman–Crippen LogP) is 1.91. The number of quaternary nitrogens is 2. The van der Waals surface area contributed by atoms with Gasteiger partial charge in [-0.1, -0.05) is 47.4 Å². The molecule has 0 bridgehead atoms. The zero-order chi connectivity index (χ0) is 36.9. The molecule has 0 fully saturated rings. The zero-order valence-corrected chi connectivity index (χ0v) is 35.2. The number of esters is 3. The number of rotatable bonds is 24. The summed E-state index contributed by atoms with van der Waals surface area (Å²) >= 11 is 10.9. The highest BCUT2D eigenvalue weighted by Gasteiger charge is 2.18. The topological polar surface area (TPSA) is 82.1 Å². The number of ether oxygens (including phenoxy) is 3. The van der Waals surface area contributed by atoms with Gasteiger partial charge in [-0.15, -0.1) is 23.2 Å². The minimum absolute atomic E-state index is 0. The van der Waals surface area contributed by atoms with E-state index in [9.17, 15) is 14.4 Å². The van der Waals surface area contributed by atoms with Crippen molar-refractivity contribution in [3.8, 4) is 0 Å². The smallest absolute Gasteiger partial charge is 0.333 e. The van der Waals surface area contributed by atoms with E-state index in [1.807, 2.05) is 19.0 Å². The molecule has 0 aliphatic rings. The highest BCUT2D eigenvalue weighted by Crippen LogP contribution is 2.09. The summed E-state index contributed by atoms with van der Waals surface area (Å²) in [6.45, 7) is 21.4. The van der Waals surface area contributed by atoms with Gasteiger partial charge in [0, 0.05) is 35.0 Å². The molecule has 0 unspecified atom stereocenters. The van der Waals surface area contributed by atoms with Gasteiger partial charge in [-0.25, -0.2) is 14.4 Å². The lowest BCUT2D eigenvalue weighted by atomic mass is 10.1. The Labute approximate surface area is 337 Å². The summed E-state index contributed by atoms with van der Waals surface area (Å²) in [6, 6.07) is 0. The second kappa shape index (κ2) is 39.9. The van der Waals surface area contributed by atoms with Crippen LogP contribution in [0.15, 0.2) is 36.5 Å². The molecule has 9 nitrogen and oxygen atoms in total. The number of alkyl halides is 2. The van der Waals surface area contributed by atoms with Crippen LogP contribution in [0.4, 0.5) is 0 Å². The number of halogens is 4. The van der Waals surface area contributed by atoms with E-state index in [1.54, 1.807) is 20.8 Å². The molecule has 13 heteroatoms. The lowest BCUT2D eigenvalue weighted by Crippen LogP contribution is -3.00. The molecule has 0 amide bonds. The first-order valence-corrected chi connectivity index (χ1v) is 17.8. The second-order valence-electron chi connectivity index (χ2n) is 13.5. The molecule has 0 heterocycles. The van der Waals surface area contributed by atoms with Crippen molar-refractivity contribution in [2.24, 2.45) is 0 Å². The Balaban J connectivity index is -0.000000140. The minimum atomic E-state index is -0.313. The molecule has 0 rings (SSSR count). The summed E-state index contributed by atoms with van der Waals surface area (Å²) in [7, 11) is 12.5. The average molecular weight is 814 g/mol. The van der Waals surface area contributed by atoms with Crippen LogP contribution in [0.3, 0.4) is 0 Å². The average Bonchev–Trinajstić information content (AvgIpc) is 2.97. The number of hydrogen-bond donors (Lipinski definition) is 0. The Morgan fingerprint density at radius 3 is 1.06 bits per heavy atom. The second-order valence-corrected chi connectivity index (χ2v) is 14.3. The molecule has 0 N–H and O–H groups in total. The van der Waals surface area contributed by atoms with Crippen molar-refractivity contribution in [3.63, 3.8) is 0 Å². The molecule has 0 saturated heterocycles. The lowest BCUT2D eigenvalue weighted by Gasteiger charge is -2.30. The molecule has 0 aliphatic heterocycles. The Morgan fingerprint density at radius 1 is 0.529 bits per heavy atom. The third-order valence-corrected chi connectivity index (χ3v) is 7.51. The molecule has 0 aromatic rings. The maximum atomic E-state index is 11.4. The molecule has 308 valence electrons. The van der Waals surface area contributed by atoms with Crippen LogP contribution in [0.25, 0.3) is 0 Å². The maximum Gasteiger partial charge on any atom is 0.333 e. The van der Waals surface area contributed by atoms with Crippen molar-refractivity contribution in [3.05, 3.63) is 36.5 Å². The summed E-state index contributed by atoms with van der Waals surface area (Å²) in [4.78, 5) is 35.6. The standard InChI is InChI=1S/C22H42N2O4.C8H15NO2.C6H12Cl2.2CH4.2ClH/c1-19(2)21(25)27-17-15-23(5,6)13-11-9-10-12-14-24(7,8)16-18-28-22(26)20(3)4;1-7(2)8(10)11-6-5-9(3)4;7-5-3-1-2-4-6-8;;;;/h1,3,9-18H2,2,4-8H3;1,5-6H2,2-4H3;1-6H2;2*1H4;2*1H/q+2;;;;;;/p-2. The fraction of sp³-hybridized carbons (Fsp3) is 0.763. The van der Waals surface area contributed by atoms with Crippen molar-refractivity contribution in [1.82, 2.24) is 4.90 Å². The molecular formula is C38H77Cl4N3O6. The van der Waals surface area contributed by atoms with Crippen molar-refractivity contribution in [2.75, 3.05) is 107 Å². The van der Waals surface area contributed by atoms with Gasteiger partial charge in [0.1, 0.15) is 32.9 Å². The van der Waals surface area contributed by atoms with Crippen molar-refractivity contribution < 1.29 is 62.4 Å². The van der Waals surface area contributed by atoms with Crippen LogP contribution in [0.2, 0.25) is 0 Å². The third-order valence-electron chi connectivity index (χ3n) is 6.97. The van der Waals surface area contributed by atoms with Gasteiger partial charge >= 0.3 is 17.9 Å². The summed E-state index contributed by atoms with van der Waals surface area (Å²) in [5.74, 6) is 0.655. The fourth-order valence-electron chi connectivity index (χ4n) is 3.66. The highest BCUT2D eigenvalue weighted by atomic mass is 35.5. The SMILES string of the molecule is C.C.C=C(C)C(=O)OCCN(C)C.C=C(C)C(=O)OCC[N+](C)(C)CCCCCC[N+](C)(C)CCOC(=O)C(=C)C.ClCCCCCCCl.[Cl-].[Cl-]. The van der Waals surface area contributed by atoms with Gasteiger partial charge in [0.25, 0.3) is 0 Å². The third kappa shape index (κ3) is 48.7. The Kier molecular flexibility index (Phi) is 50.5. The molecule has 0 aromatic heterocycles. The largest absolute Gasteiger partial charge is 1.00 e. The van der Waals surface area contributed by atoms with Crippen molar-refractivity contribution in [1.29, 1.82) is 0 Å². The number of nitrogens with zero attached hydrogens (tertiary/aromatic N) is 3. The molecular weight excluding hydrogens is 736 g/mol. The normalized spacial score (nSPS) is 10.1. The summed E-state index contributed by atoms with van der Waals surface area (Å²) < 4.78 is 16.9. The first-order valence-electron chi connectivity index (χ1n) is 16.7. The molecule has 0 radical (unpaired) electrons. The number of likely N-dealkylation sites (N-methyl/N-ethyl adjacent to an activating group) is 3. The summed E-state index contributed by atoms with van der Waals surface area (Å²) in [5.41, 5.74) is 1.34. The maximum absolute atomic E-state index is 11.4. The summed E-state index contributed by atoms with van der Waals surface area (Å²) in [6.07, 6.45) is 9.44. The minimum Gasteiger partial charge on any atom is -1.00 e. The fourth-order valence-corrected chi connectivity index (χ4v) is 4.04. The van der Waals surface area contributed by atoms with Crippen LogP contribution in [0, 0.1) is 0 Å². The van der Waals surface area contributed by atoms with E-state index >= 15 is 0 Å². The zero-order valence-electron chi connectivity index (χ0n) is 32.2. The van der Waals surface area contributed by atoms with E-state index in [0.717, 1.165) is 79.1 Å². The highest BCUT2D eigenvalue weighted by molar-refractivity contribution is 6.18.